The highest BCUT2D eigenvalue weighted by Gasteiger charge is 2.14. The summed E-state index contributed by atoms with van der Waals surface area (Å²) in [6.45, 7) is 5.48. The first-order chi connectivity index (χ1) is 15.7. The van der Waals surface area contributed by atoms with Crippen molar-refractivity contribution in [3.05, 3.63) is 18.2 Å². The van der Waals surface area contributed by atoms with Gasteiger partial charge in [0.2, 0.25) is 5.91 Å². The third kappa shape index (κ3) is 8.57. The minimum atomic E-state index is -0.0905. The van der Waals surface area contributed by atoms with Crippen molar-refractivity contribution in [1.29, 1.82) is 0 Å². The molecule has 3 N–H and O–H groups in total. The van der Waals surface area contributed by atoms with Crippen molar-refractivity contribution in [3.63, 3.8) is 0 Å². The molecule has 8 heteroatoms. The van der Waals surface area contributed by atoms with E-state index in [2.05, 4.69) is 20.9 Å². The van der Waals surface area contributed by atoms with E-state index in [1.807, 2.05) is 25.1 Å². The van der Waals surface area contributed by atoms with Crippen LogP contribution < -0.4 is 25.4 Å². The molecule has 1 aliphatic carbocycles. The Hall–Kier alpha value is -2.48. The van der Waals surface area contributed by atoms with Gasteiger partial charge >= 0.3 is 0 Å². The number of hydrogen-bond donors (Lipinski definition) is 3. The summed E-state index contributed by atoms with van der Waals surface area (Å²) in [4.78, 5) is 16.5. The molecule has 0 radical (unpaired) electrons. The molecule has 0 bridgehead atoms. The zero-order chi connectivity index (χ0) is 22.4. The summed E-state index contributed by atoms with van der Waals surface area (Å²) in [7, 11) is 0. The standard InChI is InChI=1S/C24H38N4O4/c1-2-12-25-23(29)18-27-24(26-13-6-14-30-20-8-4-3-5-9-20)28-19-10-11-21-22(17-19)32-16-7-15-31-21/h10-11,17,20H,2-9,12-16,18H2,1H3,(H,25,29)(H2,26,27,28). The van der Waals surface area contributed by atoms with Crippen LogP contribution in [0.15, 0.2) is 23.2 Å². The molecule has 8 nitrogen and oxygen atoms in total. The first-order valence-corrected chi connectivity index (χ1v) is 12.1. The van der Waals surface area contributed by atoms with Crippen LogP contribution in [-0.2, 0) is 9.53 Å². The summed E-state index contributed by atoms with van der Waals surface area (Å²) >= 11 is 0. The van der Waals surface area contributed by atoms with E-state index in [0.717, 1.165) is 37.3 Å². The van der Waals surface area contributed by atoms with Gasteiger partial charge in [-0.15, -0.1) is 0 Å². The summed E-state index contributed by atoms with van der Waals surface area (Å²) in [6, 6.07) is 5.72. The van der Waals surface area contributed by atoms with E-state index in [9.17, 15) is 4.79 Å². The number of nitrogens with zero attached hydrogens (tertiary/aromatic N) is 1. The Morgan fingerprint density at radius 1 is 1.06 bits per heavy atom. The quantitative estimate of drug-likeness (QED) is 0.290. The van der Waals surface area contributed by atoms with E-state index in [1.165, 1.54) is 32.1 Å². The molecule has 1 saturated carbocycles. The molecule has 1 amide bonds. The third-order valence-corrected chi connectivity index (χ3v) is 5.48. The Balaban J connectivity index is 1.52. The second kappa shape index (κ2) is 13.8. The lowest BCUT2D eigenvalue weighted by atomic mass is 9.98. The molecular formula is C24H38N4O4. The van der Waals surface area contributed by atoms with Crippen molar-refractivity contribution in [3.8, 4) is 11.5 Å². The summed E-state index contributed by atoms with van der Waals surface area (Å²) in [5, 5.41) is 9.45. The van der Waals surface area contributed by atoms with Gasteiger partial charge in [-0.3, -0.25) is 4.79 Å². The molecule has 1 heterocycles. The first-order valence-electron chi connectivity index (χ1n) is 12.1. The van der Waals surface area contributed by atoms with Crippen molar-refractivity contribution in [2.75, 3.05) is 44.8 Å². The summed E-state index contributed by atoms with van der Waals surface area (Å²) in [6.07, 6.45) is 9.30. The van der Waals surface area contributed by atoms with Crippen molar-refractivity contribution in [2.45, 2.75) is 64.4 Å². The fraction of sp³-hybridized carbons (Fsp3) is 0.667. The Bertz CT molecular complexity index is 735. The van der Waals surface area contributed by atoms with Gasteiger partial charge in [0.15, 0.2) is 17.5 Å². The lowest BCUT2D eigenvalue weighted by Crippen LogP contribution is -2.34. The van der Waals surface area contributed by atoms with Gasteiger partial charge < -0.3 is 30.2 Å². The van der Waals surface area contributed by atoms with Crippen molar-refractivity contribution in [1.82, 2.24) is 10.6 Å². The monoisotopic (exact) mass is 446 g/mol. The SMILES string of the molecule is CCCNC(=O)CN=C(NCCCOC1CCCCC1)Nc1ccc2c(c1)OCCCO2. The van der Waals surface area contributed by atoms with Gasteiger partial charge in [0.1, 0.15) is 6.54 Å². The second-order valence-corrected chi connectivity index (χ2v) is 8.26. The van der Waals surface area contributed by atoms with Crippen LogP contribution in [0.3, 0.4) is 0 Å². The van der Waals surface area contributed by atoms with Crippen LogP contribution in [0.25, 0.3) is 0 Å². The zero-order valence-electron chi connectivity index (χ0n) is 19.3. The molecule has 0 unspecified atom stereocenters. The van der Waals surface area contributed by atoms with Crippen LogP contribution in [-0.4, -0.2) is 57.4 Å². The predicted molar refractivity (Wildman–Crippen MR) is 127 cm³/mol. The number of benzene rings is 1. The van der Waals surface area contributed by atoms with E-state index >= 15 is 0 Å². The van der Waals surface area contributed by atoms with Crippen molar-refractivity contribution in [2.24, 2.45) is 4.99 Å². The van der Waals surface area contributed by atoms with Crippen LogP contribution >= 0.6 is 0 Å². The minimum Gasteiger partial charge on any atom is -0.490 e. The van der Waals surface area contributed by atoms with E-state index < -0.39 is 0 Å². The summed E-state index contributed by atoms with van der Waals surface area (Å²) in [5.41, 5.74) is 0.827. The highest BCUT2D eigenvalue weighted by molar-refractivity contribution is 5.95. The van der Waals surface area contributed by atoms with Gasteiger partial charge in [-0.2, -0.15) is 0 Å². The lowest BCUT2D eigenvalue weighted by molar-refractivity contribution is -0.119. The highest BCUT2D eigenvalue weighted by Crippen LogP contribution is 2.32. The van der Waals surface area contributed by atoms with Gasteiger partial charge in [0.25, 0.3) is 0 Å². The topological polar surface area (TPSA) is 93.2 Å². The number of nitrogens with one attached hydrogen (secondary N) is 3. The van der Waals surface area contributed by atoms with Crippen molar-refractivity contribution < 1.29 is 19.0 Å². The average molecular weight is 447 g/mol. The van der Waals surface area contributed by atoms with Gasteiger partial charge in [-0.25, -0.2) is 4.99 Å². The smallest absolute Gasteiger partial charge is 0.241 e. The van der Waals surface area contributed by atoms with E-state index in [-0.39, 0.29) is 12.5 Å². The molecule has 0 saturated heterocycles. The number of fused-ring (bicyclic) bond motifs is 1. The predicted octanol–water partition coefficient (Wildman–Crippen LogP) is 3.47. The molecule has 2 aliphatic rings. The number of hydrogen-bond acceptors (Lipinski definition) is 5. The number of guanidine groups is 1. The summed E-state index contributed by atoms with van der Waals surface area (Å²) < 4.78 is 17.5. The fourth-order valence-electron chi connectivity index (χ4n) is 3.75. The maximum absolute atomic E-state index is 12.0. The van der Waals surface area contributed by atoms with Crippen LogP contribution in [0.4, 0.5) is 5.69 Å². The molecular weight excluding hydrogens is 408 g/mol. The molecule has 0 aromatic heterocycles. The van der Waals surface area contributed by atoms with Crippen LogP contribution in [0.2, 0.25) is 0 Å². The summed E-state index contributed by atoms with van der Waals surface area (Å²) in [5.74, 6) is 1.93. The zero-order valence-corrected chi connectivity index (χ0v) is 19.3. The molecule has 1 aromatic carbocycles. The maximum Gasteiger partial charge on any atom is 0.241 e. The number of aliphatic imine (C=N–C) groups is 1. The first kappa shape index (κ1) is 24.2. The van der Waals surface area contributed by atoms with Crippen LogP contribution in [0.1, 0.15) is 58.3 Å². The van der Waals surface area contributed by atoms with Crippen molar-refractivity contribution >= 4 is 17.6 Å². The van der Waals surface area contributed by atoms with Crippen LogP contribution in [0.5, 0.6) is 11.5 Å². The number of ether oxygens (including phenoxy) is 3. The maximum atomic E-state index is 12.0. The lowest BCUT2D eigenvalue weighted by Gasteiger charge is -2.22. The van der Waals surface area contributed by atoms with Gasteiger partial charge in [0.05, 0.1) is 19.3 Å². The molecule has 1 aromatic rings. The fourth-order valence-corrected chi connectivity index (χ4v) is 3.75. The number of rotatable bonds is 10. The molecule has 3 rings (SSSR count). The molecule has 0 spiro atoms. The van der Waals surface area contributed by atoms with E-state index in [0.29, 0.717) is 44.1 Å². The van der Waals surface area contributed by atoms with Crippen LogP contribution in [0, 0.1) is 0 Å². The van der Waals surface area contributed by atoms with E-state index in [1.54, 1.807) is 0 Å². The Labute approximate surface area is 191 Å². The highest BCUT2D eigenvalue weighted by atomic mass is 16.5. The molecule has 1 aliphatic heterocycles. The Morgan fingerprint density at radius 3 is 2.69 bits per heavy atom. The minimum absolute atomic E-state index is 0.0679. The van der Waals surface area contributed by atoms with Gasteiger partial charge in [-0.1, -0.05) is 26.2 Å². The van der Waals surface area contributed by atoms with E-state index in [4.69, 9.17) is 14.2 Å². The largest absolute Gasteiger partial charge is 0.490 e. The molecule has 32 heavy (non-hydrogen) atoms. The second-order valence-electron chi connectivity index (χ2n) is 8.26. The van der Waals surface area contributed by atoms with Gasteiger partial charge in [-0.05, 0) is 37.8 Å². The third-order valence-electron chi connectivity index (χ3n) is 5.48. The Kier molecular flexibility index (Phi) is 10.4. The van der Waals surface area contributed by atoms with Gasteiger partial charge in [0, 0.05) is 37.9 Å². The molecule has 178 valence electrons. The normalized spacial score (nSPS) is 16.8. The number of amides is 1. The number of carbonyl (C=O) groups excluding carboxylic acids is 1. The molecule has 1 fully saturated rings. The Morgan fingerprint density at radius 2 is 1.88 bits per heavy atom. The number of anilines is 1. The molecule has 0 atom stereocenters. The number of carbonyl (C=O) groups is 1. The average Bonchev–Trinajstić information content (AvgIpc) is 3.06.